The van der Waals surface area contributed by atoms with Crippen LogP contribution in [0.25, 0.3) is 22.3 Å². The summed E-state index contributed by atoms with van der Waals surface area (Å²) in [4.78, 5) is 13.6. The number of hydrogen-bond donors (Lipinski definition) is 9. The maximum Gasteiger partial charge on any atom is 0.239 e. The second kappa shape index (κ2) is 11.6. The molecule has 3 heterocycles. The zero-order valence-electron chi connectivity index (χ0n) is 21.9. The van der Waals surface area contributed by atoms with Crippen molar-refractivity contribution < 1.29 is 69.3 Å². The molecule has 2 aliphatic rings. The Morgan fingerprint density at radius 3 is 2.17 bits per heavy atom. The summed E-state index contributed by atoms with van der Waals surface area (Å²) in [6, 6.07) is 7.63. The van der Waals surface area contributed by atoms with Crippen molar-refractivity contribution in [3.63, 3.8) is 0 Å². The Labute approximate surface area is 236 Å². The summed E-state index contributed by atoms with van der Waals surface area (Å²) in [5.41, 5.74) is -1.29. The van der Waals surface area contributed by atoms with Crippen LogP contribution in [0, 0.1) is 0 Å². The summed E-state index contributed by atoms with van der Waals surface area (Å²) in [7, 11) is 0. The van der Waals surface area contributed by atoms with E-state index in [1.165, 1.54) is 31.2 Å². The zero-order valence-corrected chi connectivity index (χ0v) is 21.9. The second-order valence-corrected chi connectivity index (χ2v) is 10.1. The first-order chi connectivity index (χ1) is 19.9. The number of phenolic OH excluding ortho intramolecular Hbond substituents is 3. The molecule has 0 amide bonds. The van der Waals surface area contributed by atoms with Crippen LogP contribution in [0.2, 0.25) is 0 Å². The average Bonchev–Trinajstić information content (AvgIpc) is 2.95. The molecule has 9 N–H and O–H groups in total. The minimum atomic E-state index is -1.94. The van der Waals surface area contributed by atoms with E-state index in [1.807, 2.05) is 0 Å². The van der Waals surface area contributed by atoms with E-state index in [0.29, 0.717) is 0 Å². The van der Waals surface area contributed by atoms with Crippen LogP contribution in [0.4, 0.5) is 0 Å². The molecule has 0 radical (unpaired) electrons. The van der Waals surface area contributed by atoms with Gasteiger partial charge >= 0.3 is 0 Å². The summed E-state index contributed by atoms with van der Waals surface area (Å²) >= 11 is 0. The summed E-state index contributed by atoms with van der Waals surface area (Å²) in [5.74, 6) is -2.45. The van der Waals surface area contributed by atoms with Crippen LogP contribution in [0.1, 0.15) is 6.92 Å². The third-order valence-electron chi connectivity index (χ3n) is 7.20. The average molecular weight is 595 g/mol. The van der Waals surface area contributed by atoms with E-state index in [4.69, 9.17) is 23.4 Å². The maximum absolute atomic E-state index is 13.6. The molecule has 3 aromatic rings. The van der Waals surface area contributed by atoms with Gasteiger partial charge in [-0.3, -0.25) is 4.79 Å². The SMILES string of the molecule is CC1OC(OCC2OC(Oc3c(-c4ccccc4O)oc4cc(O)cc(O)c4c3=O)C(O)C(O)C2O)C(O)C(O)C1O. The highest BCUT2D eigenvalue weighted by molar-refractivity contribution is 5.88. The largest absolute Gasteiger partial charge is 0.508 e. The smallest absolute Gasteiger partial charge is 0.239 e. The number of aliphatic hydroxyl groups excluding tert-OH is 6. The van der Waals surface area contributed by atoms with Gasteiger partial charge in [-0.1, -0.05) is 12.1 Å². The van der Waals surface area contributed by atoms with Crippen LogP contribution in [0.3, 0.4) is 0 Å². The number of aliphatic hydroxyl groups is 6. The van der Waals surface area contributed by atoms with Crippen molar-refractivity contribution in [2.24, 2.45) is 0 Å². The molecule has 10 atom stereocenters. The lowest BCUT2D eigenvalue weighted by Crippen LogP contribution is -2.61. The summed E-state index contributed by atoms with van der Waals surface area (Å²) in [6.45, 7) is 0.850. The molecule has 0 saturated carbocycles. The molecule has 42 heavy (non-hydrogen) atoms. The molecule has 2 fully saturated rings. The Morgan fingerprint density at radius 1 is 0.786 bits per heavy atom. The molecule has 0 bridgehead atoms. The normalized spacial score (nSPS) is 33.5. The van der Waals surface area contributed by atoms with Gasteiger partial charge in [-0.2, -0.15) is 0 Å². The number of fused-ring (bicyclic) bond motifs is 1. The number of ether oxygens (including phenoxy) is 4. The molecule has 2 aliphatic heterocycles. The second-order valence-electron chi connectivity index (χ2n) is 10.1. The van der Waals surface area contributed by atoms with Gasteiger partial charge < -0.3 is 69.3 Å². The zero-order chi connectivity index (χ0) is 30.5. The summed E-state index contributed by atoms with van der Waals surface area (Å²) < 4.78 is 27.9. The Balaban J connectivity index is 1.47. The highest BCUT2D eigenvalue weighted by Gasteiger charge is 2.47. The predicted molar refractivity (Wildman–Crippen MR) is 139 cm³/mol. The van der Waals surface area contributed by atoms with E-state index in [9.17, 15) is 50.8 Å². The molecule has 5 rings (SSSR count). The van der Waals surface area contributed by atoms with Crippen molar-refractivity contribution >= 4 is 11.0 Å². The minimum Gasteiger partial charge on any atom is -0.508 e. The lowest BCUT2D eigenvalue weighted by atomic mass is 9.98. The Bertz CT molecular complexity index is 1490. The first-order valence-electron chi connectivity index (χ1n) is 12.9. The van der Waals surface area contributed by atoms with E-state index >= 15 is 0 Å². The van der Waals surface area contributed by atoms with Gasteiger partial charge in [0.25, 0.3) is 0 Å². The Kier molecular flexibility index (Phi) is 8.30. The lowest BCUT2D eigenvalue weighted by molar-refractivity contribution is -0.318. The van der Waals surface area contributed by atoms with Gasteiger partial charge in [-0.25, -0.2) is 0 Å². The first-order valence-corrected chi connectivity index (χ1v) is 12.9. The van der Waals surface area contributed by atoms with E-state index in [-0.39, 0.29) is 22.7 Å². The number of para-hydroxylation sites is 1. The van der Waals surface area contributed by atoms with Crippen LogP contribution >= 0.6 is 0 Å². The summed E-state index contributed by atoms with van der Waals surface area (Å²) in [5, 5.41) is 92.1. The molecule has 2 saturated heterocycles. The van der Waals surface area contributed by atoms with E-state index in [0.717, 1.165) is 12.1 Å². The van der Waals surface area contributed by atoms with Crippen molar-refractivity contribution in [1.82, 2.24) is 0 Å². The molecule has 2 aromatic carbocycles. The third kappa shape index (κ3) is 5.37. The third-order valence-corrected chi connectivity index (χ3v) is 7.20. The number of rotatable bonds is 6. The number of aromatic hydroxyl groups is 3. The van der Waals surface area contributed by atoms with Crippen molar-refractivity contribution in [1.29, 1.82) is 0 Å². The van der Waals surface area contributed by atoms with Crippen molar-refractivity contribution in [3.05, 3.63) is 46.6 Å². The van der Waals surface area contributed by atoms with E-state index < -0.39 is 96.1 Å². The van der Waals surface area contributed by atoms with Crippen LogP contribution < -0.4 is 10.2 Å². The molecule has 10 unspecified atom stereocenters. The maximum atomic E-state index is 13.6. The summed E-state index contributed by atoms with van der Waals surface area (Å²) in [6.07, 6.45) is -15.9. The Hall–Kier alpha value is -3.51. The van der Waals surface area contributed by atoms with Crippen molar-refractivity contribution in [2.75, 3.05) is 6.61 Å². The van der Waals surface area contributed by atoms with Gasteiger partial charge in [0.05, 0.1) is 18.3 Å². The van der Waals surface area contributed by atoms with Gasteiger partial charge in [0.2, 0.25) is 17.5 Å². The van der Waals surface area contributed by atoms with E-state index in [1.54, 1.807) is 0 Å². The van der Waals surface area contributed by atoms with Crippen molar-refractivity contribution in [2.45, 2.75) is 68.3 Å². The molecule has 1 aromatic heterocycles. The quantitative estimate of drug-likeness (QED) is 0.159. The fourth-order valence-electron chi connectivity index (χ4n) is 4.83. The molecular formula is C27H30O15. The first kappa shape index (κ1) is 30.0. The van der Waals surface area contributed by atoms with Gasteiger partial charge in [0.1, 0.15) is 70.9 Å². The minimum absolute atomic E-state index is 0.0431. The molecule has 15 heteroatoms. The molecule has 228 valence electrons. The van der Waals surface area contributed by atoms with Crippen LogP contribution in [0.15, 0.2) is 45.6 Å². The van der Waals surface area contributed by atoms with Crippen LogP contribution in [0.5, 0.6) is 23.0 Å². The number of phenols is 3. The molecule has 0 spiro atoms. The predicted octanol–water partition coefficient (Wildman–Crippen LogP) is -1.39. The highest BCUT2D eigenvalue weighted by atomic mass is 16.7. The van der Waals surface area contributed by atoms with Crippen LogP contribution in [-0.4, -0.2) is 114 Å². The van der Waals surface area contributed by atoms with Gasteiger partial charge in [-0.05, 0) is 19.1 Å². The van der Waals surface area contributed by atoms with Gasteiger partial charge in [0, 0.05) is 12.1 Å². The van der Waals surface area contributed by atoms with Crippen LogP contribution in [-0.2, 0) is 14.2 Å². The number of benzene rings is 2. The topological polar surface area (TPSA) is 249 Å². The fraction of sp³-hybridized carbons (Fsp3) is 0.444. The fourth-order valence-corrected chi connectivity index (χ4v) is 4.83. The lowest BCUT2D eigenvalue weighted by Gasteiger charge is -2.42. The number of hydrogen-bond acceptors (Lipinski definition) is 15. The van der Waals surface area contributed by atoms with Gasteiger partial charge in [-0.15, -0.1) is 0 Å². The van der Waals surface area contributed by atoms with E-state index in [2.05, 4.69) is 0 Å². The molecule has 0 aliphatic carbocycles. The van der Waals surface area contributed by atoms with Crippen molar-refractivity contribution in [3.8, 4) is 34.3 Å². The monoisotopic (exact) mass is 594 g/mol. The molecule has 15 nitrogen and oxygen atoms in total. The Morgan fingerprint density at radius 2 is 1.45 bits per heavy atom. The highest BCUT2D eigenvalue weighted by Crippen LogP contribution is 2.40. The standard InChI is InChI=1S/C27H30O15/c1-9-17(31)20(34)22(36)26(39-9)38-8-15-18(32)21(35)23(37)27(41-15)42-25-19(33)16-13(30)6-10(28)7-14(16)40-24(25)11-4-2-3-5-12(11)29/h2-7,9,15,17-18,20-23,26-32,34-37H,8H2,1H3. The molecular weight excluding hydrogens is 564 g/mol. The van der Waals surface area contributed by atoms with Gasteiger partial charge in [0.15, 0.2) is 12.1 Å².